The Morgan fingerprint density at radius 3 is 1.24 bits per heavy atom. The number of allylic oxidation sites excluding steroid dienone is 8. The van der Waals surface area contributed by atoms with Gasteiger partial charge in [-0.2, -0.15) is 0 Å². The van der Waals surface area contributed by atoms with E-state index >= 15 is 0 Å². The van der Waals surface area contributed by atoms with Crippen LogP contribution in [0.2, 0.25) is 22.2 Å². The van der Waals surface area contributed by atoms with Crippen LogP contribution in [0.5, 0.6) is 0 Å². The van der Waals surface area contributed by atoms with Gasteiger partial charge in [-0.3, -0.25) is 0 Å². The smallest absolute Gasteiger partial charge is 0.0768 e. The molecule has 2 aliphatic rings. The van der Waals surface area contributed by atoms with E-state index in [0.717, 1.165) is 11.1 Å². The van der Waals surface area contributed by atoms with Crippen LogP contribution in [0.25, 0.3) is 0 Å². The van der Waals surface area contributed by atoms with Crippen LogP contribution in [0, 0.1) is 11.8 Å². The first-order chi connectivity index (χ1) is 13.7. The highest BCUT2D eigenvalue weighted by molar-refractivity contribution is 6.87. The molecule has 0 aromatic rings. The summed E-state index contributed by atoms with van der Waals surface area (Å²) in [7, 11) is -1.79. The molecule has 0 saturated heterocycles. The van der Waals surface area contributed by atoms with Crippen LogP contribution in [-0.4, -0.2) is 8.07 Å². The van der Waals surface area contributed by atoms with Crippen molar-refractivity contribution in [3.05, 3.63) is 46.6 Å². The molecule has 1 heteroatoms. The SMILES string of the molecule is CCC1=CC([Si](C(C)CC)(C(C)CC)C2C=C(CC)C=C2C(C)C)C(C(C)C)=C1. The van der Waals surface area contributed by atoms with E-state index in [1.165, 1.54) is 25.7 Å². The standard InChI is InChI=1S/C28H48Si/c1-11-21(9)29(22(10)12-2,27-17-23(13-3)15-25(27)19(5)6)28-18-24(14-4)16-26(28)20(7)8/h15-22,27-28H,11-14H2,1-10H3. The maximum atomic E-state index is 2.75. The Labute approximate surface area is 183 Å². The molecule has 2 aliphatic carbocycles. The summed E-state index contributed by atoms with van der Waals surface area (Å²) in [6, 6.07) is 0. The molecule has 0 aromatic heterocycles. The van der Waals surface area contributed by atoms with Crippen molar-refractivity contribution in [2.75, 3.05) is 0 Å². The highest BCUT2D eigenvalue weighted by Gasteiger charge is 2.56. The van der Waals surface area contributed by atoms with E-state index in [1.807, 2.05) is 0 Å². The summed E-state index contributed by atoms with van der Waals surface area (Å²) >= 11 is 0. The number of hydrogen-bond acceptors (Lipinski definition) is 0. The lowest BCUT2D eigenvalue weighted by molar-refractivity contribution is 0.662. The highest BCUT2D eigenvalue weighted by atomic mass is 28.3. The molecule has 0 radical (unpaired) electrons. The molecule has 0 N–H and O–H groups in total. The molecule has 2 rings (SSSR count). The van der Waals surface area contributed by atoms with E-state index in [2.05, 4.69) is 93.5 Å². The molecule has 0 spiro atoms. The second kappa shape index (κ2) is 9.99. The molecule has 0 bridgehead atoms. The minimum atomic E-state index is -1.79. The van der Waals surface area contributed by atoms with E-state index in [4.69, 9.17) is 0 Å². The molecule has 0 nitrogen and oxygen atoms in total. The average molecular weight is 413 g/mol. The minimum Gasteiger partial charge on any atom is -0.0768 e. The fraction of sp³-hybridized carbons (Fsp3) is 0.714. The van der Waals surface area contributed by atoms with Gasteiger partial charge in [0.15, 0.2) is 0 Å². The number of hydrogen-bond donors (Lipinski definition) is 0. The van der Waals surface area contributed by atoms with Crippen LogP contribution >= 0.6 is 0 Å². The normalized spacial score (nSPS) is 26.2. The molecule has 0 amide bonds. The van der Waals surface area contributed by atoms with E-state index in [9.17, 15) is 0 Å². The van der Waals surface area contributed by atoms with E-state index in [0.29, 0.717) is 22.9 Å². The molecule has 0 aromatic carbocycles. The second-order valence-electron chi connectivity index (χ2n) is 10.4. The van der Waals surface area contributed by atoms with Crippen LogP contribution in [0.1, 0.15) is 94.9 Å². The molecule has 164 valence electrons. The first-order valence-corrected chi connectivity index (χ1v) is 14.8. The fourth-order valence-electron chi connectivity index (χ4n) is 6.29. The van der Waals surface area contributed by atoms with Crippen LogP contribution in [-0.2, 0) is 0 Å². The zero-order chi connectivity index (χ0) is 21.9. The Balaban J connectivity index is 2.80. The third kappa shape index (κ3) is 4.32. The molecule has 0 aliphatic heterocycles. The van der Waals surface area contributed by atoms with Crippen molar-refractivity contribution in [3.63, 3.8) is 0 Å². The minimum absolute atomic E-state index is 0.641. The summed E-state index contributed by atoms with van der Waals surface area (Å²) in [6.45, 7) is 24.5. The van der Waals surface area contributed by atoms with Crippen molar-refractivity contribution >= 4 is 8.07 Å². The number of rotatable bonds is 10. The summed E-state index contributed by atoms with van der Waals surface area (Å²) in [6.07, 6.45) is 15.7. The van der Waals surface area contributed by atoms with Gasteiger partial charge in [0.25, 0.3) is 0 Å². The van der Waals surface area contributed by atoms with Gasteiger partial charge in [0, 0.05) is 0 Å². The van der Waals surface area contributed by atoms with Crippen molar-refractivity contribution in [2.45, 2.75) is 117 Å². The Morgan fingerprint density at radius 1 is 0.655 bits per heavy atom. The van der Waals surface area contributed by atoms with Gasteiger partial charge in [-0.1, -0.05) is 129 Å². The van der Waals surface area contributed by atoms with Gasteiger partial charge >= 0.3 is 0 Å². The maximum Gasteiger partial charge on any atom is 0.0820 e. The van der Waals surface area contributed by atoms with Gasteiger partial charge in [0.2, 0.25) is 0 Å². The molecular formula is C28H48Si. The summed E-state index contributed by atoms with van der Waals surface area (Å²) in [5.74, 6) is 1.28. The lowest BCUT2D eigenvalue weighted by atomic mass is 10.0. The molecule has 0 heterocycles. The van der Waals surface area contributed by atoms with Crippen molar-refractivity contribution < 1.29 is 0 Å². The summed E-state index contributed by atoms with van der Waals surface area (Å²) < 4.78 is 0. The Bertz CT molecular complexity index is 625. The van der Waals surface area contributed by atoms with Crippen LogP contribution < -0.4 is 0 Å². The fourth-order valence-corrected chi connectivity index (χ4v) is 14.5. The lowest BCUT2D eigenvalue weighted by Gasteiger charge is -2.52. The second-order valence-corrected chi connectivity index (χ2v) is 15.6. The molecule has 0 fully saturated rings. The van der Waals surface area contributed by atoms with Gasteiger partial charge in [0.1, 0.15) is 0 Å². The zero-order valence-electron chi connectivity index (χ0n) is 21.1. The molecular weight excluding hydrogens is 364 g/mol. The maximum absolute atomic E-state index is 2.75. The van der Waals surface area contributed by atoms with Gasteiger partial charge in [-0.25, -0.2) is 0 Å². The van der Waals surface area contributed by atoms with E-state index in [-0.39, 0.29) is 0 Å². The molecule has 29 heavy (non-hydrogen) atoms. The first-order valence-electron chi connectivity index (χ1n) is 12.5. The Morgan fingerprint density at radius 2 is 1.00 bits per heavy atom. The predicted octanol–water partition coefficient (Wildman–Crippen LogP) is 9.64. The predicted molar refractivity (Wildman–Crippen MR) is 135 cm³/mol. The highest BCUT2D eigenvalue weighted by Crippen LogP contribution is 2.62. The van der Waals surface area contributed by atoms with E-state index < -0.39 is 8.07 Å². The monoisotopic (exact) mass is 412 g/mol. The third-order valence-corrected chi connectivity index (χ3v) is 15.7. The van der Waals surface area contributed by atoms with Crippen LogP contribution in [0.15, 0.2) is 46.6 Å². The van der Waals surface area contributed by atoms with Crippen molar-refractivity contribution in [1.29, 1.82) is 0 Å². The summed E-state index contributed by atoms with van der Waals surface area (Å²) in [4.78, 5) is 0. The lowest BCUT2D eigenvalue weighted by Crippen LogP contribution is -2.52. The van der Waals surface area contributed by atoms with Gasteiger partial charge < -0.3 is 0 Å². The quantitative estimate of drug-likeness (QED) is 0.313. The summed E-state index contributed by atoms with van der Waals surface area (Å²) in [5.41, 5.74) is 9.70. The van der Waals surface area contributed by atoms with E-state index in [1.54, 1.807) is 22.3 Å². The van der Waals surface area contributed by atoms with Gasteiger partial charge in [-0.05, 0) is 46.8 Å². The molecule has 4 atom stereocenters. The van der Waals surface area contributed by atoms with Crippen LogP contribution in [0.3, 0.4) is 0 Å². The van der Waals surface area contributed by atoms with Crippen LogP contribution in [0.4, 0.5) is 0 Å². The van der Waals surface area contributed by atoms with Gasteiger partial charge in [-0.15, -0.1) is 0 Å². The average Bonchev–Trinajstić information content (AvgIpc) is 3.33. The van der Waals surface area contributed by atoms with Gasteiger partial charge in [0.05, 0.1) is 8.07 Å². The largest absolute Gasteiger partial charge is 0.0820 e. The molecule has 4 unspecified atom stereocenters. The first kappa shape index (κ1) is 24.4. The third-order valence-electron chi connectivity index (χ3n) is 8.34. The van der Waals surface area contributed by atoms with Crippen molar-refractivity contribution in [3.8, 4) is 0 Å². The zero-order valence-corrected chi connectivity index (χ0v) is 22.1. The topological polar surface area (TPSA) is 0 Å². The Hall–Kier alpha value is -0.823. The summed E-state index contributed by atoms with van der Waals surface area (Å²) in [5, 5.41) is 0. The molecule has 0 saturated carbocycles. The Kier molecular flexibility index (Phi) is 8.42. The van der Waals surface area contributed by atoms with Crippen molar-refractivity contribution in [1.82, 2.24) is 0 Å². The van der Waals surface area contributed by atoms with Crippen molar-refractivity contribution in [2.24, 2.45) is 11.8 Å².